The summed E-state index contributed by atoms with van der Waals surface area (Å²) in [5.41, 5.74) is 4.04. The molecule has 3 aromatic rings. The van der Waals surface area contributed by atoms with E-state index < -0.39 is 0 Å². The fourth-order valence-electron chi connectivity index (χ4n) is 2.52. The first kappa shape index (κ1) is 14.9. The van der Waals surface area contributed by atoms with Crippen molar-refractivity contribution in [1.82, 2.24) is 14.5 Å². The van der Waals surface area contributed by atoms with Gasteiger partial charge in [-0.25, -0.2) is 9.78 Å². The lowest BCUT2D eigenvalue weighted by Crippen LogP contribution is -2.24. The predicted molar refractivity (Wildman–Crippen MR) is 92.1 cm³/mol. The first-order valence-electron chi connectivity index (χ1n) is 7.16. The van der Waals surface area contributed by atoms with E-state index in [0.29, 0.717) is 17.9 Å². The molecule has 0 atom stereocenters. The second-order valence-electron chi connectivity index (χ2n) is 5.26. The third-order valence-corrected chi connectivity index (χ3v) is 4.30. The van der Waals surface area contributed by atoms with Gasteiger partial charge in [-0.05, 0) is 44.5 Å². The molecule has 0 saturated heterocycles. The highest BCUT2D eigenvalue weighted by atomic mass is 79.9. The second-order valence-corrected chi connectivity index (χ2v) is 6.18. The number of hydrogen-bond donors (Lipinski definition) is 0. The maximum absolute atomic E-state index is 12.3. The number of halogens is 1. The van der Waals surface area contributed by atoms with Gasteiger partial charge in [-0.15, -0.1) is 0 Å². The van der Waals surface area contributed by atoms with E-state index in [1.807, 2.05) is 45.0 Å². The van der Waals surface area contributed by atoms with E-state index in [-0.39, 0.29) is 5.69 Å². The van der Waals surface area contributed by atoms with Gasteiger partial charge in [0.25, 0.3) is 0 Å². The lowest BCUT2D eigenvalue weighted by molar-refractivity contribution is 0.722. The maximum atomic E-state index is 12.3. The van der Waals surface area contributed by atoms with E-state index in [4.69, 9.17) is 0 Å². The summed E-state index contributed by atoms with van der Waals surface area (Å²) in [7, 11) is 0. The molecule has 0 spiro atoms. The summed E-state index contributed by atoms with van der Waals surface area (Å²) in [5, 5.41) is 0.905. The lowest BCUT2D eigenvalue weighted by atomic mass is 10.1. The van der Waals surface area contributed by atoms with Crippen molar-refractivity contribution in [3.8, 4) is 11.3 Å². The van der Waals surface area contributed by atoms with Crippen molar-refractivity contribution in [2.24, 2.45) is 0 Å². The third-order valence-electron chi connectivity index (χ3n) is 3.81. The van der Waals surface area contributed by atoms with Crippen molar-refractivity contribution >= 4 is 27.0 Å². The van der Waals surface area contributed by atoms with E-state index in [1.165, 1.54) is 0 Å². The largest absolute Gasteiger partial charge is 0.349 e. The monoisotopic (exact) mass is 357 g/mol. The van der Waals surface area contributed by atoms with Crippen LogP contribution in [0.3, 0.4) is 0 Å². The van der Waals surface area contributed by atoms with Crippen LogP contribution < -0.4 is 5.69 Å². The molecule has 2 heterocycles. The van der Waals surface area contributed by atoms with E-state index in [2.05, 4.69) is 32.0 Å². The van der Waals surface area contributed by atoms with Crippen molar-refractivity contribution in [2.75, 3.05) is 0 Å². The molecule has 3 rings (SSSR count). The third kappa shape index (κ3) is 2.46. The van der Waals surface area contributed by atoms with Gasteiger partial charge in [-0.1, -0.05) is 28.1 Å². The normalized spacial score (nSPS) is 11.1. The Balaban J connectivity index is 2.45. The Labute approximate surface area is 137 Å². The number of aromatic nitrogens is 3. The number of fused-ring (bicyclic) bond motifs is 1. The Kier molecular flexibility index (Phi) is 3.83. The Morgan fingerprint density at radius 2 is 1.95 bits per heavy atom. The van der Waals surface area contributed by atoms with Crippen LogP contribution in [-0.2, 0) is 6.54 Å². The molecule has 0 amide bonds. The molecule has 0 saturated carbocycles. The highest BCUT2D eigenvalue weighted by Gasteiger charge is 2.14. The minimum atomic E-state index is -0.263. The summed E-state index contributed by atoms with van der Waals surface area (Å²) in [5.74, 6) is 0. The molecule has 0 aliphatic heterocycles. The Morgan fingerprint density at radius 1 is 1.18 bits per heavy atom. The topological polar surface area (TPSA) is 47.8 Å². The van der Waals surface area contributed by atoms with Gasteiger partial charge in [0.1, 0.15) is 5.65 Å². The number of benzene rings is 1. The number of pyridine rings is 1. The summed E-state index contributed by atoms with van der Waals surface area (Å²) in [6.07, 6.45) is 0. The van der Waals surface area contributed by atoms with Crippen LogP contribution in [0.2, 0.25) is 0 Å². The van der Waals surface area contributed by atoms with E-state index in [9.17, 15) is 4.79 Å². The predicted octanol–water partition coefficient (Wildman–Crippen LogP) is 3.86. The van der Waals surface area contributed by atoms with Crippen molar-refractivity contribution in [3.63, 3.8) is 0 Å². The molecule has 0 fully saturated rings. The van der Waals surface area contributed by atoms with Crippen LogP contribution in [-0.4, -0.2) is 14.5 Å². The van der Waals surface area contributed by atoms with Crippen LogP contribution in [0.25, 0.3) is 22.3 Å². The van der Waals surface area contributed by atoms with Crippen molar-refractivity contribution in [3.05, 3.63) is 56.5 Å². The Morgan fingerprint density at radius 3 is 2.64 bits per heavy atom. The number of hydrogen-bond acceptors (Lipinski definition) is 3. The fourth-order valence-corrected chi connectivity index (χ4v) is 2.92. The summed E-state index contributed by atoms with van der Waals surface area (Å²) in [6.45, 7) is 6.46. The molecule has 0 radical (unpaired) electrons. The highest BCUT2D eigenvalue weighted by Crippen LogP contribution is 2.27. The van der Waals surface area contributed by atoms with Crippen LogP contribution >= 0.6 is 15.9 Å². The van der Waals surface area contributed by atoms with Crippen LogP contribution in [0, 0.1) is 13.8 Å². The van der Waals surface area contributed by atoms with Crippen LogP contribution in [0.1, 0.15) is 18.2 Å². The van der Waals surface area contributed by atoms with E-state index in [1.54, 1.807) is 4.57 Å². The summed E-state index contributed by atoms with van der Waals surface area (Å²) in [4.78, 5) is 21.3. The average molecular weight is 358 g/mol. The summed E-state index contributed by atoms with van der Waals surface area (Å²) < 4.78 is 2.57. The zero-order valence-corrected chi connectivity index (χ0v) is 14.3. The molecule has 0 N–H and O–H groups in total. The fraction of sp³-hybridized carbons (Fsp3) is 0.235. The van der Waals surface area contributed by atoms with Gasteiger partial charge in [-0.2, -0.15) is 4.98 Å². The molecular weight excluding hydrogens is 342 g/mol. The smallest absolute Gasteiger partial charge is 0.276 e. The van der Waals surface area contributed by atoms with E-state index in [0.717, 1.165) is 26.7 Å². The molecule has 0 aliphatic rings. The Bertz CT molecular complexity index is 931. The molecule has 0 unspecified atom stereocenters. The van der Waals surface area contributed by atoms with Crippen LogP contribution in [0.5, 0.6) is 0 Å². The van der Waals surface area contributed by atoms with Gasteiger partial charge >= 0.3 is 5.69 Å². The standard InChI is InChI=1S/C17H16BrN3O/c1-4-21-16-14(8-10(2)11(3)19-16)15(20-17(21)22)12-6-5-7-13(18)9-12/h5-9H,4H2,1-3H3. The van der Waals surface area contributed by atoms with Crippen molar-refractivity contribution in [1.29, 1.82) is 0 Å². The summed E-state index contributed by atoms with van der Waals surface area (Å²) >= 11 is 3.47. The van der Waals surface area contributed by atoms with Crippen molar-refractivity contribution in [2.45, 2.75) is 27.3 Å². The molecule has 22 heavy (non-hydrogen) atoms. The zero-order chi connectivity index (χ0) is 15.9. The molecule has 0 bridgehead atoms. The first-order valence-corrected chi connectivity index (χ1v) is 7.95. The van der Waals surface area contributed by atoms with Gasteiger partial charge in [0.2, 0.25) is 0 Å². The SMILES string of the molecule is CCn1c(=O)nc(-c2cccc(Br)c2)c2cc(C)c(C)nc21. The molecule has 2 aromatic heterocycles. The molecule has 5 heteroatoms. The van der Waals surface area contributed by atoms with Crippen LogP contribution in [0.4, 0.5) is 0 Å². The summed E-state index contributed by atoms with van der Waals surface area (Å²) in [6, 6.07) is 9.87. The first-order chi connectivity index (χ1) is 10.5. The number of nitrogens with zero attached hydrogens (tertiary/aromatic N) is 3. The zero-order valence-electron chi connectivity index (χ0n) is 12.7. The number of aryl methyl sites for hydroxylation is 3. The van der Waals surface area contributed by atoms with E-state index >= 15 is 0 Å². The van der Waals surface area contributed by atoms with Gasteiger partial charge < -0.3 is 0 Å². The minimum absolute atomic E-state index is 0.263. The quantitative estimate of drug-likeness (QED) is 0.699. The van der Waals surface area contributed by atoms with Gasteiger partial charge in [0.05, 0.1) is 5.69 Å². The van der Waals surface area contributed by atoms with Crippen molar-refractivity contribution < 1.29 is 0 Å². The average Bonchev–Trinajstić information content (AvgIpc) is 2.48. The Hall–Kier alpha value is -2.01. The molecule has 0 aliphatic carbocycles. The second kappa shape index (κ2) is 5.65. The van der Waals surface area contributed by atoms with Gasteiger partial charge in [0.15, 0.2) is 0 Å². The lowest BCUT2D eigenvalue weighted by Gasteiger charge is -2.12. The van der Waals surface area contributed by atoms with Gasteiger partial charge in [-0.3, -0.25) is 4.57 Å². The molecular formula is C17H16BrN3O. The van der Waals surface area contributed by atoms with Gasteiger partial charge in [0, 0.05) is 27.7 Å². The van der Waals surface area contributed by atoms with Crippen LogP contribution in [0.15, 0.2) is 39.6 Å². The minimum Gasteiger partial charge on any atom is -0.276 e. The molecule has 4 nitrogen and oxygen atoms in total. The highest BCUT2D eigenvalue weighted by molar-refractivity contribution is 9.10. The number of rotatable bonds is 2. The maximum Gasteiger partial charge on any atom is 0.349 e. The molecule has 1 aromatic carbocycles. The molecule has 112 valence electrons.